The quantitative estimate of drug-likeness (QED) is 0.277. The molecule has 2 aromatic carbocycles. The highest BCUT2D eigenvalue weighted by Crippen LogP contribution is 2.27. The van der Waals surface area contributed by atoms with Crippen LogP contribution in [0.5, 0.6) is 11.5 Å². The van der Waals surface area contributed by atoms with Crippen LogP contribution in [0.4, 0.5) is 0 Å². The molecule has 0 fully saturated rings. The molecular weight excluding hydrogens is 476 g/mol. The first-order chi connectivity index (χ1) is 15.2. The minimum Gasteiger partial charge on any atom is -0.494 e. The van der Waals surface area contributed by atoms with E-state index in [1.54, 1.807) is 18.0 Å². The van der Waals surface area contributed by atoms with Crippen molar-refractivity contribution >= 4 is 27.7 Å². The molecule has 8 heteroatoms. The summed E-state index contributed by atoms with van der Waals surface area (Å²) in [6.07, 6.45) is 3.64. The highest BCUT2D eigenvalue weighted by molar-refractivity contribution is 9.10. The molecule has 0 unspecified atom stereocenters. The fraction of sp³-hybridized carbons (Fsp3) is 0.174. The standard InChI is InChI=1S/C23H21BrN4O2S/c1-2-29-20-11-7-19(8-12-20)28-22(15-30-21-9-5-18(24)6-10-21)26-27-23(28)31-16-17-4-3-13-25-14-17/h3-14H,2,15-16H2,1H3. The number of ether oxygens (including phenoxy) is 2. The molecule has 0 spiro atoms. The van der Waals surface area contributed by atoms with Crippen LogP contribution in [0, 0.1) is 0 Å². The van der Waals surface area contributed by atoms with Crippen molar-refractivity contribution in [2.75, 3.05) is 6.61 Å². The van der Waals surface area contributed by atoms with E-state index < -0.39 is 0 Å². The Kier molecular flexibility index (Phi) is 7.22. The summed E-state index contributed by atoms with van der Waals surface area (Å²) in [6, 6.07) is 19.6. The molecule has 0 bridgehead atoms. The predicted molar refractivity (Wildman–Crippen MR) is 125 cm³/mol. The predicted octanol–water partition coefficient (Wildman–Crippen LogP) is 5.69. The fourth-order valence-electron chi connectivity index (χ4n) is 2.91. The minimum atomic E-state index is 0.301. The van der Waals surface area contributed by atoms with Crippen LogP contribution in [-0.2, 0) is 12.4 Å². The first-order valence-corrected chi connectivity index (χ1v) is 11.6. The van der Waals surface area contributed by atoms with E-state index in [9.17, 15) is 0 Å². The third kappa shape index (κ3) is 5.65. The van der Waals surface area contributed by atoms with Gasteiger partial charge in [-0.3, -0.25) is 9.55 Å². The van der Waals surface area contributed by atoms with Crippen LogP contribution in [0.25, 0.3) is 5.69 Å². The summed E-state index contributed by atoms with van der Waals surface area (Å²) in [4.78, 5) is 4.19. The number of rotatable bonds is 9. The maximum Gasteiger partial charge on any atom is 0.196 e. The lowest BCUT2D eigenvalue weighted by Gasteiger charge is -2.12. The van der Waals surface area contributed by atoms with Gasteiger partial charge in [0.25, 0.3) is 0 Å². The van der Waals surface area contributed by atoms with Gasteiger partial charge in [0, 0.05) is 28.3 Å². The second-order valence-electron chi connectivity index (χ2n) is 6.55. The molecule has 4 rings (SSSR count). The van der Waals surface area contributed by atoms with Gasteiger partial charge in [0.15, 0.2) is 11.0 Å². The molecule has 0 saturated heterocycles. The molecule has 0 saturated carbocycles. The first kappa shape index (κ1) is 21.4. The number of hydrogen-bond donors (Lipinski definition) is 0. The van der Waals surface area contributed by atoms with Crippen molar-refractivity contribution < 1.29 is 9.47 Å². The van der Waals surface area contributed by atoms with E-state index in [1.165, 1.54) is 0 Å². The normalized spacial score (nSPS) is 10.8. The third-order valence-corrected chi connectivity index (χ3v) is 5.91. The zero-order valence-electron chi connectivity index (χ0n) is 16.9. The molecule has 0 amide bonds. The Morgan fingerprint density at radius 2 is 1.68 bits per heavy atom. The van der Waals surface area contributed by atoms with Gasteiger partial charge in [-0.05, 0) is 67.1 Å². The number of benzene rings is 2. The number of hydrogen-bond acceptors (Lipinski definition) is 6. The average Bonchev–Trinajstić information content (AvgIpc) is 3.21. The summed E-state index contributed by atoms with van der Waals surface area (Å²) in [6.45, 7) is 2.90. The van der Waals surface area contributed by atoms with E-state index in [2.05, 4.69) is 37.2 Å². The van der Waals surface area contributed by atoms with Crippen LogP contribution in [0.1, 0.15) is 18.3 Å². The first-order valence-electron chi connectivity index (χ1n) is 9.80. The Balaban J connectivity index is 1.58. The van der Waals surface area contributed by atoms with E-state index in [1.807, 2.05) is 72.3 Å². The number of pyridine rings is 1. The molecule has 2 aromatic heterocycles. The van der Waals surface area contributed by atoms with Gasteiger partial charge in [0.05, 0.1) is 6.61 Å². The van der Waals surface area contributed by atoms with Crippen LogP contribution >= 0.6 is 27.7 Å². The maximum atomic E-state index is 5.96. The van der Waals surface area contributed by atoms with Crippen molar-refractivity contribution in [3.05, 3.63) is 88.9 Å². The lowest BCUT2D eigenvalue weighted by molar-refractivity contribution is 0.292. The maximum absolute atomic E-state index is 5.96. The SMILES string of the molecule is CCOc1ccc(-n2c(COc3ccc(Br)cc3)nnc2SCc2cccnc2)cc1. The van der Waals surface area contributed by atoms with Crippen molar-refractivity contribution in [3.8, 4) is 17.2 Å². The zero-order chi connectivity index (χ0) is 21.5. The molecule has 158 valence electrons. The third-order valence-electron chi connectivity index (χ3n) is 4.38. The molecule has 0 atom stereocenters. The molecule has 0 aliphatic heterocycles. The van der Waals surface area contributed by atoms with Gasteiger partial charge in [0.2, 0.25) is 0 Å². The molecule has 0 aliphatic rings. The lowest BCUT2D eigenvalue weighted by Crippen LogP contribution is -2.07. The second kappa shape index (κ2) is 10.5. The Hall–Kier alpha value is -2.84. The average molecular weight is 497 g/mol. The van der Waals surface area contributed by atoms with Crippen molar-refractivity contribution in [3.63, 3.8) is 0 Å². The van der Waals surface area contributed by atoms with E-state index in [0.717, 1.165) is 44.0 Å². The largest absolute Gasteiger partial charge is 0.494 e. The Labute approximate surface area is 193 Å². The molecule has 4 aromatic rings. The molecule has 2 heterocycles. The van der Waals surface area contributed by atoms with Crippen LogP contribution in [-0.4, -0.2) is 26.4 Å². The second-order valence-corrected chi connectivity index (χ2v) is 8.41. The summed E-state index contributed by atoms with van der Waals surface area (Å²) in [5.74, 6) is 3.07. The van der Waals surface area contributed by atoms with Gasteiger partial charge in [-0.15, -0.1) is 10.2 Å². The van der Waals surface area contributed by atoms with Crippen LogP contribution < -0.4 is 9.47 Å². The summed E-state index contributed by atoms with van der Waals surface area (Å²) >= 11 is 5.05. The van der Waals surface area contributed by atoms with Crippen molar-refractivity contribution in [2.45, 2.75) is 24.4 Å². The summed E-state index contributed by atoms with van der Waals surface area (Å²) in [7, 11) is 0. The van der Waals surface area contributed by atoms with Gasteiger partial charge in [-0.25, -0.2) is 0 Å². The highest BCUT2D eigenvalue weighted by atomic mass is 79.9. The fourth-order valence-corrected chi connectivity index (χ4v) is 4.08. The van der Waals surface area contributed by atoms with Crippen LogP contribution in [0.2, 0.25) is 0 Å². The van der Waals surface area contributed by atoms with Crippen LogP contribution in [0.15, 0.2) is 82.7 Å². The molecule has 31 heavy (non-hydrogen) atoms. The molecule has 0 N–H and O–H groups in total. The van der Waals surface area contributed by atoms with E-state index in [0.29, 0.717) is 13.2 Å². The van der Waals surface area contributed by atoms with Crippen molar-refractivity contribution in [1.82, 2.24) is 19.7 Å². The summed E-state index contributed by atoms with van der Waals surface area (Å²) in [5, 5.41) is 9.63. The Morgan fingerprint density at radius 3 is 2.39 bits per heavy atom. The number of thioether (sulfide) groups is 1. The topological polar surface area (TPSA) is 62.1 Å². The van der Waals surface area contributed by atoms with Gasteiger partial charge in [-0.1, -0.05) is 33.8 Å². The van der Waals surface area contributed by atoms with Crippen molar-refractivity contribution in [2.24, 2.45) is 0 Å². The van der Waals surface area contributed by atoms with Gasteiger partial charge < -0.3 is 9.47 Å². The number of aromatic nitrogens is 4. The molecule has 0 aliphatic carbocycles. The molecular formula is C23H21BrN4O2S. The number of nitrogens with zero attached hydrogens (tertiary/aromatic N) is 4. The summed E-state index contributed by atoms with van der Waals surface area (Å²) in [5.41, 5.74) is 2.08. The van der Waals surface area contributed by atoms with Crippen LogP contribution in [0.3, 0.4) is 0 Å². The molecule has 0 radical (unpaired) electrons. The lowest BCUT2D eigenvalue weighted by atomic mass is 10.3. The van der Waals surface area contributed by atoms with Gasteiger partial charge >= 0.3 is 0 Å². The highest BCUT2D eigenvalue weighted by Gasteiger charge is 2.16. The number of halogens is 1. The smallest absolute Gasteiger partial charge is 0.196 e. The zero-order valence-corrected chi connectivity index (χ0v) is 19.3. The van der Waals surface area contributed by atoms with E-state index in [4.69, 9.17) is 9.47 Å². The Bertz CT molecular complexity index is 1100. The summed E-state index contributed by atoms with van der Waals surface area (Å²) < 4.78 is 14.6. The molecule has 6 nitrogen and oxygen atoms in total. The van der Waals surface area contributed by atoms with Gasteiger partial charge in [-0.2, -0.15) is 0 Å². The minimum absolute atomic E-state index is 0.301. The monoisotopic (exact) mass is 496 g/mol. The van der Waals surface area contributed by atoms with E-state index in [-0.39, 0.29) is 0 Å². The van der Waals surface area contributed by atoms with Crippen molar-refractivity contribution in [1.29, 1.82) is 0 Å². The van der Waals surface area contributed by atoms with Gasteiger partial charge in [0.1, 0.15) is 18.1 Å². The Morgan fingerprint density at radius 1 is 0.935 bits per heavy atom. The van der Waals surface area contributed by atoms with E-state index >= 15 is 0 Å².